The first-order valence-corrected chi connectivity index (χ1v) is 13.9. The molecule has 0 spiro atoms. The van der Waals surface area contributed by atoms with Crippen molar-refractivity contribution < 1.29 is 0 Å². The number of halogens is 2. The van der Waals surface area contributed by atoms with Crippen LogP contribution in [0.3, 0.4) is 0 Å². The van der Waals surface area contributed by atoms with E-state index in [9.17, 15) is 0 Å². The quantitative estimate of drug-likeness (QED) is 0.169. The van der Waals surface area contributed by atoms with Crippen molar-refractivity contribution >= 4 is 56.1 Å². The van der Waals surface area contributed by atoms with E-state index in [0.29, 0.717) is 0 Å². The van der Waals surface area contributed by atoms with Crippen molar-refractivity contribution in [3.05, 3.63) is 135 Å². The van der Waals surface area contributed by atoms with Crippen LogP contribution in [0.2, 0.25) is 0 Å². The van der Waals surface area contributed by atoms with E-state index >= 15 is 0 Å². The van der Waals surface area contributed by atoms with E-state index in [1.165, 1.54) is 46.1 Å². The van der Waals surface area contributed by atoms with E-state index in [1.54, 1.807) is 0 Å². The van der Waals surface area contributed by atoms with Crippen LogP contribution in [-0.4, -0.2) is 4.98 Å². The third kappa shape index (κ3) is 4.95. The normalized spacial score (nSPS) is 11.1. The van der Waals surface area contributed by atoms with Gasteiger partial charge in [-0.15, -0.1) is 0 Å². The van der Waals surface area contributed by atoms with Gasteiger partial charge in [0.25, 0.3) is 0 Å². The van der Waals surface area contributed by atoms with Crippen LogP contribution in [-0.2, 0) is 0 Å². The third-order valence-electron chi connectivity index (χ3n) is 6.48. The maximum atomic E-state index is 4.81. The van der Waals surface area contributed by atoms with Gasteiger partial charge in [0.1, 0.15) is 0 Å². The van der Waals surface area contributed by atoms with E-state index in [1.807, 2.05) is 6.20 Å². The number of benzene rings is 5. The Morgan fingerprint density at radius 2 is 0.722 bits per heavy atom. The van der Waals surface area contributed by atoms with Crippen LogP contribution < -0.4 is 0 Å². The molecule has 0 aliphatic rings. The number of aromatic nitrogens is 1. The molecule has 0 bridgehead atoms. The molecule has 0 aliphatic carbocycles. The second-order valence-electron chi connectivity index (χ2n) is 8.80. The number of hydrogen-bond donors (Lipinski definition) is 0. The molecule has 0 aliphatic heterocycles. The summed E-state index contributed by atoms with van der Waals surface area (Å²) < 4.78 is 2.50. The fraction of sp³-hybridized carbons (Fsp3) is 0. The Labute approximate surface area is 238 Å². The molecule has 0 saturated carbocycles. The van der Waals surface area contributed by atoms with Gasteiger partial charge in [0.15, 0.2) is 0 Å². The van der Waals surface area contributed by atoms with Gasteiger partial charge in [-0.3, -0.25) is 4.98 Å². The van der Waals surface area contributed by atoms with Crippen molar-refractivity contribution in [2.75, 3.05) is 0 Å². The minimum absolute atomic E-state index is 1.01. The first-order chi connectivity index (χ1) is 17.6. The number of fused-ring (bicyclic) bond motifs is 1. The van der Waals surface area contributed by atoms with Crippen molar-refractivity contribution in [3.63, 3.8) is 0 Å². The number of rotatable bonds is 4. The van der Waals surface area contributed by atoms with Crippen LogP contribution in [0.4, 0.5) is 0 Å². The van der Waals surface area contributed by atoms with E-state index in [4.69, 9.17) is 4.98 Å². The Morgan fingerprint density at radius 3 is 1.19 bits per heavy atom. The lowest BCUT2D eigenvalue weighted by Gasteiger charge is -2.08. The summed E-state index contributed by atoms with van der Waals surface area (Å²) in [7, 11) is 0. The smallest absolute Gasteiger partial charge is 0.0708 e. The lowest BCUT2D eigenvalue weighted by atomic mass is 9.98. The molecule has 0 saturated heterocycles. The topological polar surface area (TPSA) is 12.9 Å². The highest BCUT2D eigenvalue weighted by atomic mass is 127. The molecule has 36 heavy (non-hydrogen) atoms. The molecule has 1 nitrogen and oxygen atoms in total. The lowest BCUT2D eigenvalue weighted by Crippen LogP contribution is -1.86. The second-order valence-corrected chi connectivity index (χ2v) is 11.3. The van der Waals surface area contributed by atoms with E-state index in [2.05, 4.69) is 167 Å². The fourth-order valence-corrected chi connectivity index (χ4v) is 5.17. The molecule has 0 amide bonds. The van der Waals surface area contributed by atoms with Crippen LogP contribution in [0.5, 0.6) is 0 Å². The Morgan fingerprint density at radius 1 is 0.361 bits per heavy atom. The van der Waals surface area contributed by atoms with Crippen molar-refractivity contribution in [1.82, 2.24) is 4.98 Å². The van der Waals surface area contributed by atoms with Crippen LogP contribution in [0.25, 0.3) is 55.4 Å². The Hall–Kier alpha value is -3.03. The first kappa shape index (κ1) is 23.4. The largest absolute Gasteiger partial charge is 0.256 e. The van der Waals surface area contributed by atoms with Gasteiger partial charge in [-0.25, -0.2) is 0 Å². The highest BCUT2D eigenvalue weighted by Gasteiger charge is 2.06. The Bertz CT molecular complexity index is 1520. The molecule has 1 aromatic heterocycles. The Balaban J connectivity index is 1.25. The molecule has 0 radical (unpaired) electrons. The maximum absolute atomic E-state index is 4.81. The average Bonchev–Trinajstić information content (AvgIpc) is 2.94. The molecule has 0 N–H and O–H groups in total. The van der Waals surface area contributed by atoms with Gasteiger partial charge in [0.05, 0.1) is 5.52 Å². The molecule has 0 unspecified atom stereocenters. The Kier molecular flexibility index (Phi) is 6.59. The molecule has 0 fully saturated rings. The molecule has 5 aromatic carbocycles. The molecule has 1 heterocycles. The summed E-state index contributed by atoms with van der Waals surface area (Å²) in [6.07, 6.45) is 1.98. The zero-order valence-electron chi connectivity index (χ0n) is 19.3. The molecule has 6 rings (SSSR count). The van der Waals surface area contributed by atoms with Gasteiger partial charge >= 0.3 is 0 Å². The zero-order chi connectivity index (χ0) is 24.5. The van der Waals surface area contributed by atoms with Crippen LogP contribution in [0.1, 0.15) is 0 Å². The van der Waals surface area contributed by atoms with Gasteiger partial charge in [0, 0.05) is 24.3 Å². The average molecular weight is 685 g/mol. The monoisotopic (exact) mass is 685 g/mol. The molecular formula is C33H21I2N. The molecular weight excluding hydrogens is 664 g/mol. The summed E-state index contributed by atoms with van der Waals surface area (Å²) in [6, 6.07) is 43.5. The lowest BCUT2D eigenvalue weighted by molar-refractivity contribution is 1.41. The van der Waals surface area contributed by atoms with Gasteiger partial charge in [-0.1, -0.05) is 84.9 Å². The van der Waals surface area contributed by atoms with Crippen molar-refractivity contribution in [2.24, 2.45) is 0 Å². The highest BCUT2D eigenvalue weighted by Crippen LogP contribution is 2.30. The van der Waals surface area contributed by atoms with Gasteiger partial charge in [-0.05, 0) is 121 Å². The number of nitrogens with zero attached hydrogens (tertiary/aromatic N) is 1. The van der Waals surface area contributed by atoms with Crippen LogP contribution in [0.15, 0.2) is 128 Å². The molecule has 3 heteroatoms. The maximum Gasteiger partial charge on any atom is 0.0708 e. The van der Waals surface area contributed by atoms with Crippen molar-refractivity contribution in [3.8, 4) is 44.5 Å². The predicted octanol–water partition coefficient (Wildman–Crippen LogP) is 10.1. The number of pyridine rings is 1. The number of hydrogen-bond acceptors (Lipinski definition) is 1. The third-order valence-corrected chi connectivity index (χ3v) is 7.91. The summed E-state index contributed by atoms with van der Waals surface area (Å²) in [5.41, 5.74) is 10.6. The van der Waals surface area contributed by atoms with Crippen molar-refractivity contribution in [2.45, 2.75) is 0 Å². The summed E-state index contributed by atoms with van der Waals surface area (Å²) in [6.45, 7) is 0. The molecule has 172 valence electrons. The second kappa shape index (κ2) is 10.1. The van der Waals surface area contributed by atoms with E-state index < -0.39 is 0 Å². The van der Waals surface area contributed by atoms with Gasteiger partial charge in [0.2, 0.25) is 0 Å². The van der Waals surface area contributed by atoms with Crippen molar-refractivity contribution in [1.29, 1.82) is 0 Å². The SMILES string of the molecule is Ic1ccc(-c2ccc(-c3cnc4cc(-c5ccc(-c6ccc(I)cc6)cc5)ccc4c3)cc2)cc1. The van der Waals surface area contributed by atoms with E-state index in [-0.39, 0.29) is 0 Å². The minimum atomic E-state index is 1.01. The summed E-state index contributed by atoms with van der Waals surface area (Å²) in [5, 5.41) is 1.15. The standard InChI is InChI=1S/C33H21I2N/c34-31-15-11-24(12-16-31)22-1-5-26(6-2-22)28-9-10-29-19-30(21-36-33(29)20-28)27-7-3-23(4-8-27)25-13-17-32(35)18-14-25/h1-21H. The predicted molar refractivity (Wildman–Crippen MR) is 169 cm³/mol. The van der Waals surface area contributed by atoms with Crippen LogP contribution in [0, 0.1) is 7.14 Å². The molecule has 6 aromatic rings. The highest BCUT2D eigenvalue weighted by molar-refractivity contribution is 14.1. The fourth-order valence-electron chi connectivity index (χ4n) is 4.45. The van der Waals surface area contributed by atoms with Gasteiger partial charge < -0.3 is 0 Å². The van der Waals surface area contributed by atoms with E-state index in [0.717, 1.165) is 16.5 Å². The van der Waals surface area contributed by atoms with Gasteiger partial charge in [-0.2, -0.15) is 0 Å². The minimum Gasteiger partial charge on any atom is -0.256 e. The summed E-state index contributed by atoms with van der Waals surface area (Å²) in [5.74, 6) is 0. The molecule has 0 atom stereocenters. The van der Waals surface area contributed by atoms with Crippen LogP contribution >= 0.6 is 45.2 Å². The zero-order valence-corrected chi connectivity index (χ0v) is 23.6. The first-order valence-electron chi connectivity index (χ1n) is 11.7. The summed E-state index contributed by atoms with van der Waals surface area (Å²) >= 11 is 4.68. The summed E-state index contributed by atoms with van der Waals surface area (Å²) in [4.78, 5) is 4.81.